The van der Waals surface area contributed by atoms with Crippen molar-refractivity contribution in [1.29, 1.82) is 0 Å². The van der Waals surface area contributed by atoms with Gasteiger partial charge in [0.1, 0.15) is 0 Å². The molecule has 0 bridgehead atoms. The van der Waals surface area contributed by atoms with Gasteiger partial charge in [-0.05, 0) is 28.7 Å². The first-order chi connectivity index (χ1) is 12.2. The monoisotopic (exact) mass is 361 g/mol. The number of hydrogen-bond acceptors (Lipinski definition) is 1. The van der Waals surface area contributed by atoms with Gasteiger partial charge in [0.25, 0.3) is 0 Å². The molecule has 3 nitrogen and oxygen atoms in total. The van der Waals surface area contributed by atoms with Crippen LogP contribution in [0.2, 0.25) is 0 Å². The summed E-state index contributed by atoms with van der Waals surface area (Å²) in [7, 11) is 0. The molecule has 6 heteroatoms. The SMILES string of the molecule is CC(C)c1ccc(-c2[nH]c3c(C(F)(F)F)cccc3c2CC(=O)O)cc1. The van der Waals surface area contributed by atoms with Gasteiger partial charge in [-0.3, -0.25) is 4.79 Å². The van der Waals surface area contributed by atoms with Crippen LogP contribution in [0.1, 0.15) is 36.5 Å². The van der Waals surface area contributed by atoms with E-state index in [2.05, 4.69) is 4.98 Å². The molecule has 3 rings (SSSR count). The van der Waals surface area contributed by atoms with E-state index in [1.54, 1.807) is 12.1 Å². The normalized spacial score (nSPS) is 12.1. The summed E-state index contributed by atoms with van der Waals surface area (Å²) in [5, 5.41) is 9.51. The number of aliphatic carboxylic acids is 1. The van der Waals surface area contributed by atoms with E-state index in [0.29, 0.717) is 22.7 Å². The number of halogens is 3. The van der Waals surface area contributed by atoms with E-state index in [1.807, 2.05) is 26.0 Å². The minimum atomic E-state index is -4.52. The molecule has 0 radical (unpaired) electrons. The fourth-order valence-electron chi connectivity index (χ4n) is 3.13. The predicted molar refractivity (Wildman–Crippen MR) is 94.2 cm³/mol. The number of aromatic nitrogens is 1. The lowest BCUT2D eigenvalue weighted by Crippen LogP contribution is -2.05. The molecule has 26 heavy (non-hydrogen) atoms. The summed E-state index contributed by atoms with van der Waals surface area (Å²) in [6.07, 6.45) is -4.88. The maximum absolute atomic E-state index is 13.3. The Bertz CT molecular complexity index is 954. The highest BCUT2D eigenvalue weighted by molar-refractivity contribution is 5.95. The third-order valence-electron chi connectivity index (χ3n) is 4.44. The molecule has 0 saturated heterocycles. The van der Waals surface area contributed by atoms with Gasteiger partial charge in [-0.1, -0.05) is 50.2 Å². The number of benzene rings is 2. The van der Waals surface area contributed by atoms with E-state index in [9.17, 15) is 23.1 Å². The van der Waals surface area contributed by atoms with E-state index in [1.165, 1.54) is 12.1 Å². The molecule has 0 fully saturated rings. The number of alkyl halides is 3. The van der Waals surface area contributed by atoms with Crippen molar-refractivity contribution in [2.24, 2.45) is 0 Å². The molecule has 0 amide bonds. The highest BCUT2D eigenvalue weighted by atomic mass is 19.4. The number of hydrogen-bond donors (Lipinski definition) is 2. The fourth-order valence-corrected chi connectivity index (χ4v) is 3.13. The molecule has 0 aliphatic carbocycles. The van der Waals surface area contributed by atoms with Crippen LogP contribution in [0.3, 0.4) is 0 Å². The molecule has 3 aromatic rings. The van der Waals surface area contributed by atoms with Crippen LogP contribution in [0.4, 0.5) is 13.2 Å². The highest BCUT2D eigenvalue weighted by Crippen LogP contribution is 2.39. The second kappa shape index (κ2) is 6.52. The van der Waals surface area contributed by atoms with Crippen LogP contribution in [0.15, 0.2) is 42.5 Å². The third kappa shape index (κ3) is 3.31. The lowest BCUT2D eigenvalue weighted by molar-refractivity contribution is -0.137. The molecular weight excluding hydrogens is 343 g/mol. The summed E-state index contributed by atoms with van der Waals surface area (Å²) in [4.78, 5) is 14.1. The third-order valence-corrected chi connectivity index (χ3v) is 4.44. The summed E-state index contributed by atoms with van der Waals surface area (Å²) in [6.45, 7) is 4.09. The Balaban J connectivity index is 2.25. The number of rotatable bonds is 4. The lowest BCUT2D eigenvalue weighted by atomic mass is 9.98. The van der Waals surface area contributed by atoms with Crippen LogP contribution in [0.25, 0.3) is 22.2 Å². The largest absolute Gasteiger partial charge is 0.481 e. The quantitative estimate of drug-likeness (QED) is 0.635. The van der Waals surface area contributed by atoms with Crippen molar-refractivity contribution < 1.29 is 23.1 Å². The average molecular weight is 361 g/mol. The molecule has 0 unspecified atom stereocenters. The first-order valence-electron chi connectivity index (χ1n) is 8.21. The van der Waals surface area contributed by atoms with E-state index < -0.39 is 17.7 Å². The molecule has 1 aromatic heterocycles. The molecule has 0 saturated carbocycles. The molecule has 1 heterocycles. The van der Waals surface area contributed by atoms with Gasteiger partial charge in [0.05, 0.1) is 23.2 Å². The maximum atomic E-state index is 13.3. The first-order valence-corrected chi connectivity index (χ1v) is 8.21. The Labute approximate surface area is 148 Å². The van der Waals surface area contributed by atoms with E-state index >= 15 is 0 Å². The van der Waals surface area contributed by atoms with Crippen LogP contribution in [0.5, 0.6) is 0 Å². The summed E-state index contributed by atoms with van der Waals surface area (Å²) >= 11 is 0. The molecule has 2 aromatic carbocycles. The minimum absolute atomic E-state index is 0.0841. The van der Waals surface area contributed by atoms with Crippen molar-refractivity contribution in [2.75, 3.05) is 0 Å². The van der Waals surface area contributed by atoms with Gasteiger partial charge in [0, 0.05) is 5.39 Å². The minimum Gasteiger partial charge on any atom is -0.481 e. The molecule has 0 spiro atoms. The number of aromatic amines is 1. The van der Waals surface area contributed by atoms with Gasteiger partial charge in [-0.2, -0.15) is 13.2 Å². The molecule has 136 valence electrons. The molecule has 0 aliphatic rings. The summed E-state index contributed by atoms with van der Waals surface area (Å²) in [6, 6.07) is 11.2. The molecule has 0 aliphatic heterocycles. The number of fused-ring (bicyclic) bond motifs is 1. The van der Waals surface area contributed by atoms with E-state index in [-0.39, 0.29) is 17.3 Å². The second-order valence-electron chi connectivity index (χ2n) is 6.55. The smallest absolute Gasteiger partial charge is 0.418 e. The zero-order valence-electron chi connectivity index (χ0n) is 14.3. The van der Waals surface area contributed by atoms with Crippen molar-refractivity contribution in [3.05, 3.63) is 59.2 Å². The van der Waals surface area contributed by atoms with Gasteiger partial charge in [-0.15, -0.1) is 0 Å². The van der Waals surface area contributed by atoms with Crippen LogP contribution >= 0.6 is 0 Å². The summed E-state index contributed by atoms with van der Waals surface area (Å²) < 4.78 is 40.0. The van der Waals surface area contributed by atoms with E-state index in [0.717, 1.165) is 11.6 Å². The van der Waals surface area contributed by atoms with Gasteiger partial charge < -0.3 is 10.1 Å². The van der Waals surface area contributed by atoms with Crippen LogP contribution < -0.4 is 0 Å². The average Bonchev–Trinajstić information content (AvgIpc) is 2.92. The number of carboxylic acids is 1. The van der Waals surface area contributed by atoms with Crippen molar-refractivity contribution in [3.8, 4) is 11.3 Å². The zero-order valence-corrected chi connectivity index (χ0v) is 14.3. The Morgan fingerprint density at radius 2 is 1.77 bits per heavy atom. The Morgan fingerprint density at radius 1 is 1.12 bits per heavy atom. The summed E-state index contributed by atoms with van der Waals surface area (Å²) in [5.41, 5.74) is 1.65. The predicted octanol–water partition coefficient (Wildman–Crippen LogP) is 5.60. The van der Waals surface area contributed by atoms with Gasteiger partial charge >= 0.3 is 12.1 Å². The van der Waals surface area contributed by atoms with Crippen molar-refractivity contribution in [2.45, 2.75) is 32.4 Å². The number of nitrogens with one attached hydrogen (secondary N) is 1. The van der Waals surface area contributed by atoms with Crippen molar-refractivity contribution >= 4 is 16.9 Å². The molecule has 2 N–H and O–H groups in total. The Morgan fingerprint density at radius 3 is 2.31 bits per heavy atom. The zero-order chi connectivity index (χ0) is 19.1. The standard InChI is InChI=1S/C20H18F3NO2/c1-11(2)12-6-8-13(9-7-12)18-15(10-17(25)26)14-4-3-5-16(19(14)24-18)20(21,22)23/h3-9,11,24H,10H2,1-2H3,(H,25,26). The first kappa shape index (κ1) is 18.0. The van der Waals surface area contributed by atoms with Gasteiger partial charge in [0.15, 0.2) is 0 Å². The topological polar surface area (TPSA) is 53.1 Å². The van der Waals surface area contributed by atoms with Gasteiger partial charge in [0.2, 0.25) is 0 Å². The van der Waals surface area contributed by atoms with Crippen LogP contribution in [0, 0.1) is 0 Å². The number of H-pyrrole nitrogens is 1. The number of para-hydroxylation sites is 1. The maximum Gasteiger partial charge on any atom is 0.418 e. The van der Waals surface area contributed by atoms with Gasteiger partial charge in [-0.25, -0.2) is 0 Å². The lowest BCUT2D eigenvalue weighted by Gasteiger charge is -2.07. The fraction of sp³-hybridized carbons (Fsp3) is 0.250. The molecular formula is C20H18F3NO2. The van der Waals surface area contributed by atoms with Crippen LogP contribution in [-0.4, -0.2) is 16.1 Å². The Kier molecular flexibility index (Phi) is 4.52. The summed E-state index contributed by atoms with van der Waals surface area (Å²) in [5.74, 6) is -0.773. The van der Waals surface area contributed by atoms with Crippen molar-refractivity contribution in [3.63, 3.8) is 0 Å². The highest BCUT2D eigenvalue weighted by Gasteiger charge is 2.34. The second-order valence-corrected chi connectivity index (χ2v) is 6.55. The van der Waals surface area contributed by atoms with Crippen LogP contribution in [-0.2, 0) is 17.4 Å². The number of carbonyl (C=O) groups is 1. The number of carboxylic acid groups (broad SMARTS) is 1. The van der Waals surface area contributed by atoms with Crippen molar-refractivity contribution in [1.82, 2.24) is 4.98 Å². The Hall–Kier alpha value is -2.76. The van der Waals surface area contributed by atoms with E-state index in [4.69, 9.17) is 0 Å². The molecule has 0 atom stereocenters.